The molecule has 122 valence electrons. The summed E-state index contributed by atoms with van der Waals surface area (Å²) < 4.78 is 55.9. The molecule has 3 N–H and O–H groups in total. The smallest absolute Gasteiger partial charge is 0.365 e. The average Bonchev–Trinajstić information content (AvgIpc) is 2.85. The molecule has 0 saturated heterocycles. The first-order valence-corrected chi connectivity index (χ1v) is 7.53. The molecule has 1 amide bonds. The molecule has 10 heteroatoms. The van der Waals surface area contributed by atoms with Crippen molar-refractivity contribution >= 4 is 23.5 Å². The molecule has 0 bridgehead atoms. The Morgan fingerprint density at radius 3 is 2.61 bits per heavy atom. The van der Waals surface area contributed by atoms with Crippen LogP contribution in [0, 0.1) is 0 Å². The number of halogens is 4. The van der Waals surface area contributed by atoms with E-state index in [2.05, 4.69) is 5.10 Å². The van der Waals surface area contributed by atoms with E-state index in [0.29, 0.717) is 0 Å². The highest BCUT2D eigenvalue weighted by molar-refractivity contribution is 7.98. The van der Waals surface area contributed by atoms with Gasteiger partial charge in [0.15, 0.2) is 0 Å². The first kappa shape index (κ1) is 15.7. The summed E-state index contributed by atoms with van der Waals surface area (Å²) in [5.74, 6) is -5.26. The van der Waals surface area contributed by atoms with Crippen molar-refractivity contribution in [3.05, 3.63) is 35.4 Å². The summed E-state index contributed by atoms with van der Waals surface area (Å²) in [5, 5.41) is 5.94. The lowest BCUT2D eigenvalue weighted by molar-refractivity contribution is -0.225. The van der Waals surface area contributed by atoms with Crippen molar-refractivity contribution in [3.8, 4) is 5.69 Å². The number of hydrogen-bond donors (Lipinski definition) is 2. The topological polar surface area (TPSA) is 72.9 Å². The van der Waals surface area contributed by atoms with Crippen LogP contribution in [-0.4, -0.2) is 28.1 Å². The summed E-state index contributed by atoms with van der Waals surface area (Å²) in [6.07, 6.45) is -3.66. The number of carbonyl (C=O) groups is 1. The van der Waals surface area contributed by atoms with Crippen molar-refractivity contribution in [3.63, 3.8) is 0 Å². The zero-order chi connectivity index (χ0) is 17.0. The summed E-state index contributed by atoms with van der Waals surface area (Å²) in [5.41, 5.74) is 4.21. The predicted octanol–water partition coefficient (Wildman–Crippen LogP) is 2.80. The van der Waals surface area contributed by atoms with Gasteiger partial charge in [-0.3, -0.25) is 4.79 Å². The Morgan fingerprint density at radius 2 is 2.04 bits per heavy atom. The number of hydrogen-bond acceptors (Lipinski definition) is 4. The fourth-order valence-electron chi connectivity index (χ4n) is 2.46. The molecule has 1 atom stereocenters. The van der Waals surface area contributed by atoms with E-state index in [1.54, 1.807) is 11.6 Å². The Morgan fingerprint density at radius 1 is 1.39 bits per heavy atom. The summed E-state index contributed by atoms with van der Waals surface area (Å²) >= 11 is 1.02. The van der Waals surface area contributed by atoms with Gasteiger partial charge in [0.25, 0.3) is 5.91 Å². The SMILES string of the molecule is CSc1nn2c(c1C(N)=O)NC(F)(C(F)(F)F)c1ccccc1-2. The highest BCUT2D eigenvalue weighted by atomic mass is 32.2. The van der Waals surface area contributed by atoms with Crippen LogP contribution in [0.4, 0.5) is 23.4 Å². The molecule has 5 nitrogen and oxygen atoms in total. The average molecular weight is 346 g/mol. The second-order valence-corrected chi connectivity index (χ2v) is 5.60. The largest absolute Gasteiger partial charge is 0.446 e. The minimum absolute atomic E-state index is 0.108. The lowest BCUT2D eigenvalue weighted by Gasteiger charge is -2.35. The fraction of sp³-hybridized carbons (Fsp3) is 0.231. The van der Waals surface area contributed by atoms with Crippen molar-refractivity contribution in [2.75, 3.05) is 11.6 Å². The number of nitrogens with two attached hydrogens (primary N) is 1. The van der Waals surface area contributed by atoms with Crippen LogP contribution in [-0.2, 0) is 5.79 Å². The first-order valence-electron chi connectivity index (χ1n) is 6.31. The second kappa shape index (κ2) is 4.88. The van der Waals surface area contributed by atoms with Gasteiger partial charge < -0.3 is 11.1 Å². The summed E-state index contributed by atoms with van der Waals surface area (Å²) in [6, 6.07) is 5.05. The van der Waals surface area contributed by atoms with Gasteiger partial charge in [0.2, 0.25) is 0 Å². The third-order valence-corrected chi connectivity index (χ3v) is 4.15. The third kappa shape index (κ3) is 2.08. The van der Waals surface area contributed by atoms with Gasteiger partial charge in [-0.1, -0.05) is 18.2 Å². The highest BCUT2D eigenvalue weighted by Crippen LogP contribution is 2.49. The number of amides is 1. The number of benzene rings is 1. The standard InChI is InChI=1S/C13H10F4N4OS/c1-23-11-8(9(18)22)10-19-12(14,13(15,16)17)6-4-2-3-5-7(6)21(10)20-11/h2-5,19H,1H3,(H2,18,22). The number of fused-ring (bicyclic) bond motifs is 3. The maximum Gasteiger partial charge on any atom is 0.446 e. The highest BCUT2D eigenvalue weighted by Gasteiger charge is 2.61. The number of carbonyl (C=O) groups excluding carboxylic acids is 1. The quantitative estimate of drug-likeness (QED) is 0.498. The van der Waals surface area contributed by atoms with E-state index in [9.17, 15) is 22.4 Å². The lowest BCUT2D eigenvalue weighted by Crippen LogP contribution is -2.48. The van der Waals surface area contributed by atoms with Crippen molar-refractivity contribution in [2.45, 2.75) is 17.0 Å². The van der Waals surface area contributed by atoms with E-state index in [1.807, 2.05) is 0 Å². The molecule has 1 aromatic carbocycles. The molecule has 0 spiro atoms. The summed E-state index contributed by atoms with van der Waals surface area (Å²) in [6.45, 7) is 0. The third-order valence-electron chi connectivity index (χ3n) is 3.48. The zero-order valence-corrected chi connectivity index (χ0v) is 12.4. The molecule has 1 aliphatic rings. The molecule has 1 aromatic heterocycles. The van der Waals surface area contributed by atoms with Gasteiger partial charge in [0.1, 0.15) is 16.4 Å². The van der Waals surface area contributed by atoms with Crippen LogP contribution < -0.4 is 11.1 Å². The Labute approximate surface area is 131 Å². The molecule has 2 aromatic rings. The molecule has 23 heavy (non-hydrogen) atoms. The molecule has 0 saturated carbocycles. The van der Waals surface area contributed by atoms with Crippen LogP contribution in [0.5, 0.6) is 0 Å². The van der Waals surface area contributed by atoms with Crippen LogP contribution >= 0.6 is 11.8 Å². The summed E-state index contributed by atoms with van der Waals surface area (Å²) in [4.78, 5) is 11.6. The number of anilines is 1. The monoisotopic (exact) mass is 346 g/mol. The van der Waals surface area contributed by atoms with Crippen molar-refractivity contribution in [1.29, 1.82) is 0 Å². The second-order valence-electron chi connectivity index (χ2n) is 4.81. The maximum absolute atomic E-state index is 14.9. The van der Waals surface area contributed by atoms with Crippen LogP contribution in [0.2, 0.25) is 0 Å². The van der Waals surface area contributed by atoms with Gasteiger partial charge in [0.05, 0.1) is 5.69 Å². The number of aromatic nitrogens is 2. The molecule has 0 fully saturated rings. The van der Waals surface area contributed by atoms with E-state index >= 15 is 0 Å². The van der Waals surface area contributed by atoms with Gasteiger partial charge in [-0.25, -0.2) is 9.07 Å². The fourth-order valence-corrected chi connectivity index (χ4v) is 3.02. The van der Waals surface area contributed by atoms with Crippen LogP contribution in [0.15, 0.2) is 29.3 Å². The minimum atomic E-state index is -5.24. The number of rotatable bonds is 2. The van der Waals surface area contributed by atoms with Crippen molar-refractivity contribution in [2.24, 2.45) is 5.73 Å². The number of alkyl halides is 4. The molecule has 0 radical (unpaired) electrons. The Bertz CT molecular complexity index is 804. The van der Waals surface area contributed by atoms with Crippen LogP contribution in [0.1, 0.15) is 15.9 Å². The predicted molar refractivity (Wildman–Crippen MR) is 76.3 cm³/mol. The molecule has 0 aliphatic carbocycles. The molecule has 1 aliphatic heterocycles. The minimum Gasteiger partial charge on any atom is -0.365 e. The van der Waals surface area contributed by atoms with E-state index in [1.165, 1.54) is 18.2 Å². The van der Waals surface area contributed by atoms with Crippen molar-refractivity contribution in [1.82, 2.24) is 9.78 Å². The molecular weight excluding hydrogens is 336 g/mol. The molecule has 2 heterocycles. The number of para-hydroxylation sites is 1. The number of thioether (sulfide) groups is 1. The number of primary amides is 1. The molecule has 3 rings (SSSR count). The van der Waals surface area contributed by atoms with E-state index in [0.717, 1.165) is 22.5 Å². The zero-order valence-electron chi connectivity index (χ0n) is 11.6. The lowest BCUT2D eigenvalue weighted by atomic mass is 9.99. The van der Waals surface area contributed by atoms with E-state index in [-0.39, 0.29) is 16.3 Å². The van der Waals surface area contributed by atoms with E-state index < -0.39 is 29.3 Å². The first-order chi connectivity index (χ1) is 10.7. The Balaban J connectivity index is 2.36. The van der Waals surface area contributed by atoms with Gasteiger partial charge in [-0.05, 0) is 12.3 Å². The number of nitrogens with one attached hydrogen (secondary N) is 1. The Kier molecular flexibility index (Phi) is 3.32. The van der Waals surface area contributed by atoms with Gasteiger partial charge in [-0.2, -0.15) is 18.3 Å². The maximum atomic E-state index is 14.9. The van der Waals surface area contributed by atoms with Crippen molar-refractivity contribution < 1.29 is 22.4 Å². The molecular formula is C13H10F4N4OS. The summed E-state index contributed by atoms with van der Waals surface area (Å²) in [7, 11) is 0. The normalized spacial score (nSPS) is 19.7. The van der Waals surface area contributed by atoms with Gasteiger partial charge in [0, 0.05) is 5.56 Å². The van der Waals surface area contributed by atoms with E-state index in [4.69, 9.17) is 5.73 Å². The van der Waals surface area contributed by atoms with Crippen LogP contribution in [0.25, 0.3) is 5.69 Å². The molecule has 1 unspecified atom stereocenters. The van der Waals surface area contributed by atoms with Gasteiger partial charge >= 0.3 is 12.0 Å². The Hall–Kier alpha value is -2.23. The van der Waals surface area contributed by atoms with Gasteiger partial charge in [-0.15, -0.1) is 11.8 Å². The van der Waals surface area contributed by atoms with Crippen LogP contribution in [0.3, 0.4) is 0 Å². The number of nitrogens with zero attached hydrogens (tertiary/aromatic N) is 2.